The first kappa shape index (κ1) is 17.6. The Balaban J connectivity index is 1.55. The number of rotatable bonds is 4. The van der Waals surface area contributed by atoms with Crippen LogP contribution in [-0.4, -0.2) is 22.0 Å². The molecule has 26 heavy (non-hydrogen) atoms. The molecule has 7 heteroatoms. The van der Waals surface area contributed by atoms with Crippen LogP contribution in [0, 0.1) is 0 Å². The highest BCUT2D eigenvalue weighted by Crippen LogP contribution is 2.16. The summed E-state index contributed by atoms with van der Waals surface area (Å²) in [5.41, 5.74) is 7.33. The first-order valence-corrected chi connectivity index (χ1v) is 8.56. The third-order valence-corrected chi connectivity index (χ3v) is 3.96. The van der Waals surface area contributed by atoms with Crippen molar-refractivity contribution in [1.29, 1.82) is 0 Å². The lowest BCUT2D eigenvalue weighted by atomic mass is 10.1. The van der Waals surface area contributed by atoms with Gasteiger partial charge >= 0.3 is 0 Å². The zero-order chi connectivity index (χ0) is 18.4. The van der Waals surface area contributed by atoms with Crippen molar-refractivity contribution >= 4 is 33.8 Å². The Morgan fingerprint density at radius 1 is 1.00 bits per heavy atom. The van der Waals surface area contributed by atoms with E-state index in [1.54, 1.807) is 12.1 Å². The molecule has 0 aliphatic rings. The fourth-order valence-electron chi connectivity index (χ4n) is 2.20. The molecule has 0 radical (unpaired) electrons. The molecule has 0 spiro atoms. The smallest absolute Gasteiger partial charge is 0.272 e. The van der Waals surface area contributed by atoms with Crippen molar-refractivity contribution in [3.63, 3.8) is 0 Å². The molecule has 2 amide bonds. The summed E-state index contributed by atoms with van der Waals surface area (Å²) in [6, 6.07) is 18.6. The minimum Gasteiger partial charge on any atom is -0.272 e. The third-order valence-electron chi connectivity index (χ3n) is 3.47. The molecule has 3 rings (SSSR count). The molecule has 1 aromatic heterocycles. The molecule has 6 nitrogen and oxygen atoms in total. The molecular formula is C19H15BrN4O2. The Bertz CT molecular complexity index is 951. The second-order valence-electron chi connectivity index (χ2n) is 5.36. The number of amides is 2. The number of carbonyl (C=O) groups excluding carboxylic acids is 2. The predicted octanol–water partition coefficient (Wildman–Crippen LogP) is 3.31. The van der Waals surface area contributed by atoms with Gasteiger partial charge < -0.3 is 0 Å². The molecule has 130 valence electrons. The SMILES string of the molecule is O=C(/C=C/c1cccc(Br)c1)NNC(=O)c1cc(-c2ccccc2)n[nH]1. The maximum Gasteiger partial charge on any atom is 0.287 e. The molecule has 0 fully saturated rings. The molecule has 3 aromatic rings. The Kier molecular flexibility index (Phi) is 5.60. The number of nitrogens with zero attached hydrogens (tertiary/aromatic N) is 1. The van der Waals surface area contributed by atoms with Gasteiger partial charge in [-0.2, -0.15) is 5.10 Å². The summed E-state index contributed by atoms with van der Waals surface area (Å²) >= 11 is 3.36. The van der Waals surface area contributed by atoms with Gasteiger partial charge in [0.25, 0.3) is 11.8 Å². The molecule has 0 bridgehead atoms. The van der Waals surface area contributed by atoms with Crippen molar-refractivity contribution in [2.75, 3.05) is 0 Å². The van der Waals surface area contributed by atoms with Gasteiger partial charge in [-0.3, -0.25) is 25.5 Å². The number of nitrogens with one attached hydrogen (secondary N) is 3. The highest BCUT2D eigenvalue weighted by molar-refractivity contribution is 9.10. The molecule has 1 heterocycles. The van der Waals surface area contributed by atoms with Gasteiger partial charge in [0.05, 0.1) is 5.69 Å². The van der Waals surface area contributed by atoms with E-state index in [0.29, 0.717) is 5.69 Å². The molecule has 0 unspecified atom stereocenters. The molecular weight excluding hydrogens is 396 g/mol. The van der Waals surface area contributed by atoms with E-state index in [0.717, 1.165) is 15.6 Å². The topological polar surface area (TPSA) is 86.9 Å². The van der Waals surface area contributed by atoms with Crippen molar-refractivity contribution in [3.8, 4) is 11.3 Å². The number of hydrogen-bond acceptors (Lipinski definition) is 3. The summed E-state index contributed by atoms with van der Waals surface area (Å²) in [4.78, 5) is 23.9. The summed E-state index contributed by atoms with van der Waals surface area (Å²) in [6.45, 7) is 0. The van der Waals surface area contributed by atoms with E-state index in [-0.39, 0.29) is 5.69 Å². The lowest BCUT2D eigenvalue weighted by Gasteiger charge is -2.03. The van der Waals surface area contributed by atoms with Crippen LogP contribution in [0.4, 0.5) is 0 Å². The number of hydrazine groups is 1. The summed E-state index contributed by atoms with van der Waals surface area (Å²) in [7, 11) is 0. The maximum absolute atomic E-state index is 12.1. The van der Waals surface area contributed by atoms with Crippen LogP contribution >= 0.6 is 15.9 Å². The molecule has 0 aliphatic heterocycles. The number of hydrogen-bond donors (Lipinski definition) is 3. The quantitative estimate of drug-likeness (QED) is 0.455. The lowest BCUT2D eigenvalue weighted by molar-refractivity contribution is -0.117. The Hall–Kier alpha value is -3.19. The van der Waals surface area contributed by atoms with Crippen LogP contribution in [0.2, 0.25) is 0 Å². The van der Waals surface area contributed by atoms with Gasteiger partial charge in [-0.1, -0.05) is 58.4 Å². The monoisotopic (exact) mass is 410 g/mol. The normalized spacial score (nSPS) is 10.7. The fraction of sp³-hybridized carbons (Fsp3) is 0. The van der Waals surface area contributed by atoms with Crippen LogP contribution in [0.5, 0.6) is 0 Å². The molecule has 0 saturated heterocycles. The van der Waals surface area contributed by atoms with Crippen LogP contribution in [0.1, 0.15) is 16.1 Å². The average Bonchev–Trinajstić information content (AvgIpc) is 3.15. The number of halogens is 1. The summed E-state index contributed by atoms with van der Waals surface area (Å²) in [6.07, 6.45) is 2.99. The minimum absolute atomic E-state index is 0.250. The van der Waals surface area contributed by atoms with Crippen molar-refractivity contribution in [2.45, 2.75) is 0 Å². The fourth-order valence-corrected chi connectivity index (χ4v) is 2.62. The van der Waals surface area contributed by atoms with Crippen molar-refractivity contribution in [1.82, 2.24) is 21.0 Å². The van der Waals surface area contributed by atoms with Crippen LogP contribution in [0.3, 0.4) is 0 Å². The summed E-state index contributed by atoms with van der Waals surface area (Å²) in [5.74, 6) is -0.926. The van der Waals surface area contributed by atoms with E-state index >= 15 is 0 Å². The minimum atomic E-state index is -0.483. The molecule has 0 aliphatic carbocycles. The second-order valence-corrected chi connectivity index (χ2v) is 6.28. The Morgan fingerprint density at radius 2 is 1.81 bits per heavy atom. The van der Waals surface area contributed by atoms with E-state index < -0.39 is 11.8 Å². The van der Waals surface area contributed by atoms with Gasteiger partial charge in [-0.15, -0.1) is 0 Å². The number of carbonyl (C=O) groups is 2. The molecule has 2 aromatic carbocycles. The number of aromatic amines is 1. The predicted molar refractivity (Wildman–Crippen MR) is 103 cm³/mol. The van der Waals surface area contributed by atoms with E-state index in [2.05, 4.69) is 37.0 Å². The zero-order valence-corrected chi connectivity index (χ0v) is 15.2. The maximum atomic E-state index is 12.1. The van der Waals surface area contributed by atoms with E-state index in [4.69, 9.17) is 0 Å². The Morgan fingerprint density at radius 3 is 2.58 bits per heavy atom. The van der Waals surface area contributed by atoms with Crippen molar-refractivity contribution in [2.24, 2.45) is 0 Å². The molecule has 0 atom stereocenters. The highest BCUT2D eigenvalue weighted by Gasteiger charge is 2.11. The summed E-state index contributed by atoms with van der Waals surface area (Å²) < 4.78 is 0.918. The average molecular weight is 411 g/mol. The van der Waals surface area contributed by atoms with Gasteiger partial charge in [0.2, 0.25) is 0 Å². The lowest BCUT2D eigenvalue weighted by Crippen LogP contribution is -2.40. The second kappa shape index (κ2) is 8.26. The molecule has 3 N–H and O–H groups in total. The first-order chi connectivity index (χ1) is 12.6. The first-order valence-electron chi connectivity index (χ1n) is 7.76. The molecule has 0 saturated carbocycles. The van der Waals surface area contributed by atoms with Crippen LogP contribution < -0.4 is 10.9 Å². The summed E-state index contributed by atoms with van der Waals surface area (Å²) in [5, 5.41) is 6.76. The van der Waals surface area contributed by atoms with Gasteiger partial charge in [-0.05, 0) is 29.8 Å². The highest BCUT2D eigenvalue weighted by atomic mass is 79.9. The van der Waals surface area contributed by atoms with E-state index in [1.165, 1.54) is 6.08 Å². The van der Waals surface area contributed by atoms with Crippen molar-refractivity contribution < 1.29 is 9.59 Å². The largest absolute Gasteiger partial charge is 0.287 e. The van der Waals surface area contributed by atoms with Gasteiger partial charge in [0, 0.05) is 16.1 Å². The standard InChI is InChI=1S/C19H15BrN4O2/c20-15-8-4-5-13(11-15)9-10-18(25)23-24-19(26)17-12-16(21-22-17)14-6-2-1-3-7-14/h1-12H,(H,21,22)(H,23,25)(H,24,26)/b10-9+. The number of H-pyrrole nitrogens is 1. The number of benzene rings is 2. The van der Waals surface area contributed by atoms with Gasteiger partial charge in [0.1, 0.15) is 5.69 Å². The van der Waals surface area contributed by atoms with E-state index in [1.807, 2.05) is 54.6 Å². The van der Waals surface area contributed by atoms with Crippen LogP contribution in [0.25, 0.3) is 17.3 Å². The van der Waals surface area contributed by atoms with Gasteiger partial charge in [0.15, 0.2) is 0 Å². The third kappa shape index (κ3) is 4.67. The van der Waals surface area contributed by atoms with Crippen molar-refractivity contribution in [3.05, 3.63) is 82.5 Å². The number of aromatic nitrogens is 2. The van der Waals surface area contributed by atoms with Crippen LogP contribution in [0.15, 0.2) is 71.2 Å². The van der Waals surface area contributed by atoms with Gasteiger partial charge in [-0.25, -0.2) is 0 Å². The van der Waals surface area contributed by atoms with Crippen LogP contribution in [-0.2, 0) is 4.79 Å². The van der Waals surface area contributed by atoms with E-state index in [9.17, 15) is 9.59 Å². The zero-order valence-electron chi connectivity index (χ0n) is 13.6. The Labute approximate surface area is 158 Å².